The van der Waals surface area contributed by atoms with Crippen LogP contribution in [0.1, 0.15) is 18.2 Å². The second-order valence-electron chi connectivity index (χ2n) is 2.99. The Kier molecular flexibility index (Phi) is 2.28. The summed E-state index contributed by atoms with van der Waals surface area (Å²) in [4.78, 5) is 0. The van der Waals surface area contributed by atoms with Crippen LogP contribution in [0.4, 0.5) is 0 Å². The van der Waals surface area contributed by atoms with Gasteiger partial charge in [-0.1, -0.05) is 25.1 Å². The fourth-order valence-electron chi connectivity index (χ4n) is 1.58. The number of alkyl halides is 1. The van der Waals surface area contributed by atoms with E-state index in [9.17, 15) is 0 Å². The van der Waals surface area contributed by atoms with E-state index in [-0.39, 0.29) is 0 Å². The summed E-state index contributed by atoms with van der Waals surface area (Å²) in [6.07, 6.45) is 0.900. The molecule has 13 heavy (non-hydrogen) atoms. The summed E-state index contributed by atoms with van der Waals surface area (Å²) >= 11 is 5.87. The minimum Gasteiger partial charge on any atom is -0.461 e. The highest BCUT2D eigenvalue weighted by molar-refractivity contribution is 6.18. The van der Waals surface area contributed by atoms with Gasteiger partial charge in [-0.25, -0.2) is 0 Å². The van der Waals surface area contributed by atoms with Crippen LogP contribution in [0.15, 0.2) is 28.7 Å². The molecule has 1 nitrogen and oxygen atoms in total. The Morgan fingerprint density at radius 2 is 2.08 bits per heavy atom. The van der Waals surface area contributed by atoms with Crippen molar-refractivity contribution in [3.8, 4) is 0 Å². The van der Waals surface area contributed by atoms with Gasteiger partial charge in [0.2, 0.25) is 0 Å². The van der Waals surface area contributed by atoms with E-state index in [1.807, 2.05) is 18.2 Å². The van der Waals surface area contributed by atoms with Crippen LogP contribution in [0.3, 0.4) is 0 Å². The molecule has 1 aromatic heterocycles. The molecule has 2 heteroatoms. The van der Waals surface area contributed by atoms with Crippen molar-refractivity contribution in [2.75, 3.05) is 0 Å². The zero-order valence-corrected chi connectivity index (χ0v) is 8.27. The summed E-state index contributed by atoms with van der Waals surface area (Å²) in [6, 6.07) is 8.01. The van der Waals surface area contributed by atoms with E-state index >= 15 is 0 Å². The van der Waals surface area contributed by atoms with Crippen molar-refractivity contribution in [2.24, 2.45) is 0 Å². The third-order valence-electron chi connectivity index (χ3n) is 2.24. The summed E-state index contributed by atoms with van der Waals surface area (Å²) < 4.78 is 5.65. The zero-order valence-electron chi connectivity index (χ0n) is 7.51. The van der Waals surface area contributed by atoms with Crippen molar-refractivity contribution in [3.05, 3.63) is 35.6 Å². The molecule has 0 spiro atoms. The molecule has 0 radical (unpaired) electrons. The van der Waals surface area contributed by atoms with Gasteiger partial charge in [-0.2, -0.15) is 0 Å². The van der Waals surface area contributed by atoms with Crippen LogP contribution in [0.5, 0.6) is 0 Å². The summed E-state index contributed by atoms with van der Waals surface area (Å²) in [6.45, 7) is 2.08. The molecule has 2 rings (SSSR count). The molecular formula is C11H11ClO. The molecule has 0 saturated carbocycles. The molecular weight excluding hydrogens is 184 g/mol. The van der Waals surface area contributed by atoms with Crippen molar-refractivity contribution < 1.29 is 4.42 Å². The van der Waals surface area contributed by atoms with Crippen LogP contribution < -0.4 is 0 Å². The number of fused-ring (bicyclic) bond motifs is 1. The van der Waals surface area contributed by atoms with E-state index < -0.39 is 0 Å². The maximum absolute atomic E-state index is 5.87. The van der Waals surface area contributed by atoms with Gasteiger partial charge in [-0.05, 0) is 6.07 Å². The lowest BCUT2D eigenvalue weighted by atomic mass is 10.1. The number of rotatable bonds is 2. The highest BCUT2D eigenvalue weighted by atomic mass is 35.5. The molecule has 0 bridgehead atoms. The third kappa shape index (κ3) is 1.33. The number of halogens is 1. The van der Waals surface area contributed by atoms with Gasteiger partial charge in [-0.3, -0.25) is 0 Å². The second-order valence-corrected chi connectivity index (χ2v) is 3.25. The monoisotopic (exact) mass is 194 g/mol. The quantitative estimate of drug-likeness (QED) is 0.664. The maximum Gasteiger partial charge on any atom is 0.134 e. The minimum atomic E-state index is 0.528. The molecule has 0 saturated heterocycles. The van der Waals surface area contributed by atoms with Crippen molar-refractivity contribution in [3.63, 3.8) is 0 Å². The molecule has 0 aliphatic heterocycles. The number of para-hydroxylation sites is 1. The zero-order chi connectivity index (χ0) is 9.26. The molecule has 0 amide bonds. The summed E-state index contributed by atoms with van der Waals surface area (Å²) in [7, 11) is 0. The highest BCUT2D eigenvalue weighted by Gasteiger charge is 2.10. The van der Waals surface area contributed by atoms with Gasteiger partial charge in [0.15, 0.2) is 0 Å². The number of hydrogen-bond donors (Lipinski definition) is 0. The first-order valence-corrected chi connectivity index (χ1v) is 4.95. The van der Waals surface area contributed by atoms with Crippen LogP contribution in [0.2, 0.25) is 0 Å². The van der Waals surface area contributed by atoms with Crippen molar-refractivity contribution in [2.45, 2.75) is 19.2 Å². The Balaban J connectivity index is 2.73. The summed E-state index contributed by atoms with van der Waals surface area (Å²) in [5, 5.41) is 1.15. The molecule has 1 heterocycles. The Morgan fingerprint density at radius 3 is 2.77 bits per heavy atom. The molecule has 0 fully saturated rings. The molecule has 2 aromatic rings. The molecule has 68 valence electrons. The average Bonchev–Trinajstić information content (AvgIpc) is 2.55. The molecule has 1 aromatic carbocycles. The normalized spacial score (nSPS) is 10.9. The summed E-state index contributed by atoms with van der Waals surface area (Å²) in [5.41, 5.74) is 2.08. The van der Waals surface area contributed by atoms with E-state index in [1.54, 1.807) is 0 Å². The lowest BCUT2D eigenvalue weighted by Gasteiger charge is -1.92. The van der Waals surface area contributed by atoms with E-state index in [0.717, 1.165) is 28.7 Å². The molecule has 0 aliphatic carbocycles. The number of aryl methyl sites for hydroxylation is 1. The molecule has 0 unspecified atom stereocenters. The molecule has 0 aliphatic rings. The predicted molar refractivity (Wildman–Crippen MR) is 55.1 cm³/mol. The highest BCUT2D eigenvalue weighted by Crippen LogP contribution is 2.27. The predicted octanol–water partition coefficient (Wildman–Crippen LogP) is 3.73. The lowest BCUT2D eigenvalue weighted by Crippen LogP contribution is -1.82. The number of furan rings is 1. The Labute approximate surface area is 82.3 Å². The van der Waals surface area contributed by atoms with Gasteiger partial charge < -0.3 is 4.42 Å². The Morgan fingerprint density at radius 1 is 1.31 bits per heavy atom. The van der Waals surface area contributed by atoms with Crippen LogP contribution >= 0.6 is 11.6 Å². The van der Waals surface area contributed by atoms with E-state index in [0.29, 0.717) is 5.88 Å². The summed E-state index contributed by atoms with van der Waals surface area (Å²) in [5.74, 6) is 1.54. The van der Waals surface area contributed by atoms with Gasteiger partial charge in [0, 0.05) is 17.4 Å². The largest absolute Gasteiger partial charge is 0.461 e. The van der Waals surface area contributed by atoms with Gasteiger partial charge in [0.1, 0.15) is 11.3 Å². The van der Waals surface area contributed by atoms with E-state index in [4.69, 9.17) is 16.0 Å². The van der Waals surface area contributed by atoms with Crippen molar-refractivity contribution in [1.82, 2.24) is 0 Å². The van der Waals surface area contributed by atoms with Gasteiger partial charge >= 0.3 is 0 Å². The minimum absolute atomic E-state index is 0.528. The average molecular weight is 195 g/mol. The van der Waals surface area contributed by atoms with Gasteiger partial charge in [0.05, 0.1) is 5.88 Å². The van der Waals surface area contributed by atoms with Crippen molar-refractivity contribution in [1.29, 1.82) is 0 Å². The lowest BCUT2D eigenvalue weighted by molar-refractivity contribution is 0.552. The Bertz CT molecular complexity index is 417. The first kappa shape index (κ1) is 8.64. The van der Waals surface area contributed by atoms with Crippen LogP contribution in [0, 0.1) is 0 Å². The number of benzene rings is 1. The van der Waals surface area contributed by atoms with Crippen LogP contribution in [-0.4, -0.2) is 0 Å². The standard InChI is InChI=1S/C11H11ClO/c1-2-10-9(7-12)8-5-3-4-6-11(8)13-10/h3-6H,2,7H2,1H3. The first-order valence-electron chi connectivity index (χ1n) is 4.42. The van der Waals surface area contributed by atoms with E-state index in [2.05, 4.69) is 13.0 Å². The fourth-order valence-corrected chi connectivity index (χ4v) is 1.87. The third-order valence-corrected chi connectivity index (χ3v) is 2.50. The smallest absolute Gasteiger partial charge is 0.134 e. The molecule has 0 atom stereocenters. The Hall–Kier alpha value is -0.950. The van der Waals surface area contributed by atoms with E-state index in [1.165, 1.54) is 0 Å². The first-order chi connectivity index (χ1) is 6.36. The maximum atomic E-state index is 5.87. The second kappa shape index (κ2) is 3.43. The van der Waals surface area contributed by atoms with Crippen molar-refractivity contribution >= 4 is 22.6 Å². The SMILES string of the molecule is CCc1oc2ccccc2c1CCl. The fraction of sp³-hybridized carbons (Fsp3) is 0.273. The van der Waals surface area contributed by atoms with Crippen LogP contribution in [0.25, 0.3) is 11.0 Å². The van der Waals surface area contributed by atoms with Crippen LogP contribution in [-0.2, 0) is 12.3 Å². The van der Waals surface area contributed by atoms with Gasteiger partial charge in [-0.15, -0.1) is 11.6 Å². The number of hydrogen-bond acceptors (Lipinski definition) is 1. The molecule has 0 N–H and O–H groups in total. The van der Waals surface area contributed by atoms with Gasteiger partial charge in [0.25, 0.3) is 0 Å². The topological polar surface area (TPSA) is 13.1 Å².